The normalized spacial score (nSPS) is 17.6. The summed E-state index contributed by atoms with van der Waals surface area (Å²) in [5.41, 5.74) is 3.61. The number of hydrogen-bond donors (Lipinski definition) is 1. The SMILES string of the molecule is Cc1ccc(/C=N/NC(=O)C2CC(=O)N(Cc3ccccc3)C2)s1. The van der Waals surface area contributed by atoms with Gasteiger partial charge >= 0.3 is 0 Å². The Morgan fingerprint density at radius 2 is 2.12 bits per heavy atom. The van der Waals surface area contributed by atoms with Crippen LogP contribution < -0.4 is 5.43 Å². The number of likely N-dealkylation sites (tertiary alicyclic amines) is 1. The van der Waals surface area contributed by atoms with E-state index in [-0.39, 0.29) is 24.2 Å². The highest BCUT2D eigenvalue weighted by atomic mass is 32.1. The standard InChI is InChI=1S/C18H19N3O2S/c1-13-7-8-16(24-13)10-19-20-18(23)15-9-17(22)21(12-15)11-14-5-3-2-4-6-14/h2-8,10,15H,9,11-12H2,1H3,(H,20,23)/b19-10+. The molecule has 0 aliphatic carbocycles. The lowest BCUT2D eigenvalue weighted by Gasteiger charge is -2.16. The molecule has 1 saturated heterocycles. The molecule has 2 amide bonds. The highest BCUT2D eigenvalue weighted by Crippen LogP contribution is 2.20. The van der Waals surface area contributed by atoms with Gasteiger partial charge in [-0.2, -0.15) is 5.10 Å². The molecule has 1 atom stereocenters. The van der Waals surface area contributed by atoms with Gasteiger partial charge in [0.1, 0.15) is 0 Å². The molecule has 1 fully saturated rings. The Kier molecular flexibility index (Phi) is 5.05. The zero-order valence-corrected chi connectivity index (χ0v) is 14.3. The summed E-state index contributed by atoms with van der Waals surface area (Å²) in [5, 5.41) is 3.99. The first-order valence-electron chi connectivity index (χ1n) is 7.83. The molecule has 0 saturated carbocycles. The molecule has 1 aliphatic heterocycles. The summed E-state index contributed by atoms with van der Waals surface area (Å²) in [6, 6.07) is 13.8. The second-order valence-corrected chi connectivity index (χ2v) is 7.16. The van der Waals surface area contributed by atoms with Crippen molar-refractivity contribution >= 4 is 29.4 Å². The van der Waals surface area contributed by atoms with Gasteiger partial charge in [0.2, 0.25) is 11.8 Å². The van der Waals surface area contributed by atoms with Crippen LogP contribution >= 0.6 is 11.3 Å². The summed E-state index contributed by atoms with van der Waals surface area (Å²) < 4.78 is 0. The lowest BCUT2D eigenvalue weighted by molar-refractivity contribution is -0.129. The van der Waals surface area contributed by atoms with Crippen LogP contribution in [0, 0.1) is 12.8 Å². The molecule has 5 nitrogen and oxygen atoms in total. The second kappa shape index (κ2) is 7.40. The van der Waals surface area contributed by atoms with E-state index in [1.54, 1.807) is 22.5 Å². The molecule has 3 rings (SSSR count). The Balaban J connectivity index is 1.53. The summed E-state index contributed by atoms with van der Waals surface area (Å²) in [5.74, 6) is -0.538. The molecule has 24 heavy (non-hydrogen) atoms. The number of rotatable bonds is 5. The van der Waals surface area contributed by atoms with Gasteiger partial charge in [-0.05, 0) is 24.6 Å². The van der Waals surface area contributed by atoms with E-state index in [0.717, 1.165) is 10.4 Å². The zero-order chi connectivity index (χ0) is 16.9. The number of carbonyl (C=O) groups excluding carboxylic acids is 2. The van der Waals surface area contributed by atoms with Crippen molar-refractivity contribution in [3.8, 4) is 0 Å². The fourth-order valence-corrected chi connectivity index (χ4v) is 3.43. The Morgan fingerprint density at radius 3 is 2.83 bits per heavy atom. The Labute approximate surface area is 145 Å². The van der Waals surface area contributed by atoms with Gasteiger partial charge in [-0.1, -0.05) is 30.3 Å². The van der Waals surface area contributed by atoms with Crippen molar-refractivity contribution in [1.82, 2.24) is 10.3 Å². The number of hydrazone groups is 1. The number of nitrogens with zero attached hydrogens (tertiary/aromatic N) is 2. The first-order chi connectivity index (χ1) is 11.6. The van der Waals surface area contributed by atoms with Crippen molar-refractivity contribution in [2.45, 2.75) is 19.9 Å². The third-order valence-corrected chi connectivity index (χ3v) is 4.86. The number of aryl methyl sites for hydroxylation is 1. The molecule has 2 heterocycles. The minimum absolute atomic E-state index is 0.0110. The molecule has 1 N–H and O–H groups in total. The van der Waals surface area contributed by atoms with E-state index in [1.807, 2.05) is 49.4 Å². The third kappa shape index (κ3) is 4.08. The van der Waals surface area contributed by atoms with E-state index in [4.69, 9.17) is 0 Å². The number of nitrogens with one attached hydrogen (secondary N) is 1. The molecule has 1 aliphatic rings. The van der Waals surface area contributed by atoms with Crippen molar-refractivity contribution in [3.63, 3.8) is 0 Å². The van der Waals surface area contributed by atoms with Gasteiger partial charge in [-0.15, -0.1) is 11.3 Å². The van der Waals surface area contributed by atoms with E-state index in [0.29, 0.717) is 13.1 Å². The van der Waals surface area contributed by atoms with Crippen LogP contribution in [0.4, 0.5) is 0 Å². The number of benzene rings is 1. The molecule has 1 aromatic carbocycles. The predicted molar refractivity (Wildman–Crippen MR) is 94.8 cm³/mol. The van der Waals surface area contributed by atoms with Crippen molar-refractivity contribution in [2.24, 2.45) is 11.0 Å². The highest BCUT2D eigenvalue weighted by molar-refractivity contribution is 7.13. The van der Waals surface area contributed by atoms with Crippen LogP contribution in [0.2, 0.25) is 0 Å². The van der Waals surface area contributed by atoms with Crippen molar-refractivity contribution < 1.29 is 9.59 Å². The molecular weight excluding hydrogens is 322 g/mol. The van der Waals surface area contributed by atoms with Crippen LogP contribution in [-0.4, -0.2) is 29.5 Å². The molecule has 1 unspecified atom stereocenters. The first-order valence-corrected chi connectivity index (χ1v) is 8.64. The van der Waals surface area contributed by atoms with E-state index in [1.165, 1.54) is 4.88 Å². The van der Waals surface area contributed by atoms with E-state index in [9.17, 15) is 9.59 Å². The lowest BCUT2D eigenvalue weighted by atomic mass is 10.1. The van der Waals surface area contributed by atoms with Crippen LogP contribution in [0.3, 0.4) is 0 Å². The number of amides is 2. The molecule has 1 aromatic heterocycles. The average Bonchev–Trinajstić information content (AvgIpc) is 3.15. The fraction of sp³-hybridized carbons (Fsp3) is 0.278. The van der Waals surface area contributed by atoms with Crippen LogP contribution in [0.1, 0.15) is 21.7 Å². The monoisotopic (exact) mass is 341 g/mol. The van der Waals surface area contributed by atoms with Gasteiger partial charge in [0.15, 0.2) is 0 Å². The topological polar surface area (TPSA) is 61.8 Å². The molecular formula is C18H19N3O2S. The van der Waals surface area contributed by atoms with Crippen molar-refractivity contribution in [2.75, 3.05) is 6.54 Å². The summed E-state index contributed by atoms with van der Waals surface area (Å²) >= 11 is 1.61. The molecule has 2 aromatic rings. The van der Waals surface area contributed by atoms with Gasteiger partial charge in [0, 0.05) is 29.3 Å². The van der Waals surface area contributed by atoms with Crippen molar-refractivity contribution in [1.29, 1.82) is 0 Å². The minimum Gasteiger partial charge on any atom is -0.338 e. The number of thiophene rings is 1. The lowest BCUT2D eigenvalue weighted by Crippen LogP contribution is -2.30. The summed E-state index contributed by atoms with van der Waals surface area (Å²) in [7, 11) is 0. The molecule has 0 radical (unpaired) electrons. The summed E-state index contributed by atoms with van der Waals surface area (Å²) in [4.78, 5) is 28.2. The van der Waals surface area contributed by atoms with E-state index >= 15 is 0 Å². The second-order valence-electron chi connectivity index (χ2n) is 5.84. The smallest absolute Gasteiger partial charge is 0.245 e. The molecule has 6 heteroatoms. The van der Waals surface area contributed by atoms with Crippen molar-refractivity contribution in [3.05, 3.63) is 57.8 Å². The van der Waals surface area contributed by atoms with Gasteiger partial charge in [0.05, 0.1) is 12.1 Å². The highest BCUT2D eigenvalue weighted by Gasteiger charge is 2.34. The predicted octanol–water partition coefficient (Wildman–Crippen LogP) is 2.56. The van der Waals surface area contributed by atoms with Crippen LogP contribution in [0.5, 0.6) is 0 Å². The summed E-state index contributed by atoms with van der Waals surface area (Å²) in [6.07, 6.45) is 1.88. The Bertz CT molecular complexity index is 755. The maximum Gasteiger partial charge on any atom is 0.245 e. The molecule has 0 spiro atoms. The molecule has 0 bridgehead atoms. The van der Waals surface area contributed by atoms with Crippen LogP contribution in [0.25, 0.3) is 0 Å². The maximum atomic E-state index is 12.2. The quantitative estimate of drug-likeness (QED) is 0.671. The van der Waals surface area contributed by atoms with E-state index < -0.39 is 0 Å². The Hall–Kier alpha value is -2.47. The zero-order valence-electron chi connectivity index (χ0n) is 13.4. The summed E-state index contributed by atoms with van der Waals surface area (Å²) in [6.45, 7) is 3.00. The Morgan fingerprint density at radius 1 is 1.33 bits per heavy atom. The average molecular weight is 341 g/mol. The molecule has 124 valence electrons. The number of carbonyl (C=O) groups is 2. The van der Waals surface area contributed by atoms with Gasteiger partial charge < -0.3 is 4.90 Å². The first kappa shape index (κ1) is 16.4. The van der Waals surface area contributed by atoms with Crippen LogP contribution in [-0.2, 0) is 16.1 Å². The third-order valence-electron chi connectivity index (χ3n) is 3.93. The maximum absolute atomic E-state index is 12.2. The van der Waals surface area contributed by atoms with Gasteiger partial charge in [-0.3, -0.25) is 9.59 Å². The van der Waals surface area contributed by atoms with Gasteiger partial charge in [0.25, 0.3) is 0 Å². The van der Waals surface area contributed by atoms with Gasteiger partial charge in [-0.25, -0.2) is 5.43 Å². The number of hydrogen-bond acceptors (Lipinski definition) is 4. The fourth-order valence-electron chi connectivity index (χ4n) is 2.68. The minimum atomic E-state index is -0.344. The van der Waals surface area contributed by atoms with E-state index in [2.05, 4.69) is 10.5 Å². The van der Waals surface area contributed by atoms with Crippen LogP contribution in [0.15, 0.2) is 47.6 Å². The largest absolute Gasteiger partial charge is 0.338 e.